The van der Waals surface area contributed by atoms with E-state index in [4.69, 9.17) is 0 Å². The van der Waals surface area contributed by atoms with Gasteiger partial charge in [-0.3, -0.25) is 4.79 Å². The van der Waals surface area contributed by atoms with Crippen molar-refractivity contribution in [2.75, 3.05) is 0 Å². The molecule has 0 radical (unpaired) electrons. The molecule has 1 heterocycles. The highest BCUT2D eigenvalue weighted by molar-refractivity contribution is 5.73. The Morgan fingerprint density at radius 1 is 1.38 bits per heavy atom. The number of nitrogens with zero attached hydrogens (tertiary/aromatic N) is 2. The number of hydrogen-bond donors (Lipinski definition) is 0. The predicted molar refractivity (Wildman–Crippen MR) is 60.9 cm³/mol. The van der Waals surface area contributed by atoms with Crippen molar-refractivity contribution >= 4 is 6.29 Å². The normalized spacial score (nSPS) is 15.0. The molecule has 3 rings (SSSR count). The van der Waals surface area contributed by atoms with Crippen LogP contribution in [0.5, 0.6) is 0 Å². The number of aldehydes is 1. The van der Waals surface area contributed by atoms with Gasteiger partial charge in [0.15, 0.2) is 6.29 Å². The van der Waals surface area contributed by atoms with Gasteiger partial charge in [-0.1, -0.05) is 12.1 Å². The van der Waals surface area contributed by atoms with Crippen LogP contribution in [0.4, 0.5) is 0 Å². The molecule has 1 saturated carbocycles. The van der Waals surface area contributed by atoms with Crippen molar-refractivity contribution < 1.29 is 4.79 Å². The Morgan fingerprint density at radius 2 is 2.25 bits per heavy atom. The molecule has 1 aliphatic carbocycles. The van der Waals surface area contributed by atoms with E-state index in [2.05, 4.69) is 17.2 Å². The smallest absolute Gasteiger partial charge is 0.153 e. The van der Waals surface area contributed by atoms with E-state index in [1.54, 1.807) is 17.1 Å². The molecule has 0 unspecified atom stereocenters. The van der Waals surface area contributed by atoms with Crippen molar-refractivity contribution in [3.8, 4) is 5.69 Å². The number of carbonyl (C=O) groups excluding carboxylic acids is 1. The highest BCUT2D eigenvalue weighted by atomic mass is 16.1. The minimum absolute atomic E-state index is 0.608. The van der Waals surface area contributed by atoms with Crippen LogP contribution < -0.4 is 0 Å². The Labute approximate surface area is 93.7 Å². The van der Waals surface area contributed by atoms with Gasteiger partial charge < -0.3 is 0 Å². The molecule has 1 aromatic carbocycles. The first-order valence-electron chi connectivity index (χ1n) is 5.47. The Balaban J connectivity index is 1.98. The standard InChI is InChI=1S/C13H12N2O/c16-9-10-7-14-15(8-10)13-3-1-2-12(6-13)11-4-5-11/h1-3,6-9,11H,4-5H2. The minimum Gasteiger partial charge on any atom is -0.298 e. The van der Waals surface area contributed by atoms with Gasteiger partial charge >= 0.3 is 0 Å². The van der Waals surface area contributed by atoms with Crippen LogP contribution in [0.25, 0.3) is 5.69 Å². The number of carbonyl (C=O) groups is 1. The average Bonchev–Trinajstić information content (AvgIpc) is 3.07. The van der Waals surface area contributed by atoms with Crippen molar-refractivity contribution in [2.45, 2.75) is 18.8 Å². The van der Waals surface area contributed by atoms with Gasteiger partial charge in [0.25, 0.3) is 0 Å². The van der Waals surface area contributed by atoms with Gasteiger partial charge in [0.05, 0.1) is 17.4 Å². The molecule has 1 aliphatic rings. The third kappa shape index (κ3) is 1.65. The summed E-state index contributed by atoms with van der Waals surface area (Å²) in [7, 11) is 0. The molecular weight excluding hydrogens is 200 g/mol. The molecule has 1 fully saturated rings. The van der Waals surface area contributed by atoms with E-state index in [0.717, 1.165) is 17.9 Å². The molecule has 80 valence electrons. The van der Waals surface area contributed by atoms with Crippen LogP contribution in [-0.4, -0.2) is 16.1 Å². The van der Waals surface area contributed by atoms with Gasteiger partial charge in [-0.15, -0.1) is 0 Å². The molecule has 3 nitrogen and oxygen atoms in total. The molecule has 0 bridgehead atoms. The van der Waals surface area contributed by atoms with Crippen molar-refractivity contribution in [3.05, 3.63) is 47.8 Å². The average molecular weight is 212 g/mol. The molecule has 3 heteroatoms. The molecule has 1 aromatic heterocycles. The zero-order valence-corrected chi connectivity index (χ0v) is 8.84. The number of rotatable bonds is 3. The Morgan fingerprint density at radius 3 is 2.94 bits per heavy atom. The summed E-state index contributed by atoms with van der Waals surface area (Å²) in [6.07, 6.45) is 6.73. The van der Waals surface area contributed by atoms with E-state index in [-0.39, 0.29) is 0 Å². The van der Waals surface area contributed by atoms with E-state index in [1.165, 1.54) is 18.4 Å². The highest BCUT2D eigenvalue weighted by Gasteiger charge is 2.23. The lowest BCUT2D eigenvalue weighted by Gasteiger charge is -2.03. The molecule has 0 N–H and O–H groups in total. The Kier molecular flexibility index (Phi) is 2.10. The summed E-state index contributed by atoms with van der Waals surface area (Å²) in [5.74, 6) is 0.737. The first-order chi connectivity index (χ1) is 7.86. The van der Waals surface area contributed by atoms with Crippen LogP contribution >= 0.6 is 0 Å². The lowest BCUT2D eigenvalue weighted by Crippen LogP contribution is -1.94. The second-order valence-electron chi connectivity index (χ2n) is 4.21. The van der Waals surface area contributed by atoms with E-state index in [1.807, 2.05) is 12.1 Å². The fourth-order valence-corrected chi connectivity index (χ4v) is 1.88. The molecule has 2 aromatic rings. The van der Waals surface area contributed by atoms with Crippen molar-refractivity contribution in [1.29, 1.82) is 0 Å². The highest BCUT2D eigenvalue weighted by Crippen LogP contribution is 2.40. The zero-order chi connectivity index (χ0) is 11.0. The maximum absolute atomic E-state index is 10.6. The second kappa shape index (κ2) is 3.59. The fourth-order valence-electron chi connectivity index (χ4n) is 1.88. The molecular formula is C13H12N2O. The topological polar surface area (TPSA) is 34.9 Å². The summed E-state index contributed by atoms with van der Waals surface area (Å²) >= 11 is 0. The third-order valence-electron chi connectivity index (χ3n) is 2.92. The summed E-state index contributed by atoms with van der Waals surface area (Å²) in [6, 6.07) is 8.36. The molecule has 16 heavy (non-hydrogen) atoms. The molecule has 0 amide bonds. The van der Waals surface area contributed by atoms with Crippen LogP contribution in [0.3, 0.4) is 0 Å². The largest absolute Gasteiger partial charge is 0.298 e. The summed E-state index contributed by atoms with van der Waals surface area (Å²) < 4.78 is 1.75. The molecule has 0 atom stereocenters. The Bertz CT molecular complexity index is 526. The van der Waals surface area contributed by atoms with Gasteiger partial charge in [-0.05, 0) is 36.5 Å². The third-order valence-corrected chi connectivity index (χ3v) is 2.92. The lowest BCUT2D eigenvalue weighted by molar-refractivity contribution is 0.112. The van der Waals surface area contributed by atoms with Crippen LogP contribution in [0.1, 0.15) is 34.7 Å². The maximum atomic E-state index is 10.6. The fraction of sp³-hybridized carbons (Fsp3) is 0.231. The van der Waals surface area contributed by atoms with Crippen LogP contribution in [0, 0.1) is 0 Å². The monoisotopic (exact) mass is 212 g/mol. The van der Waals surface area contributed by atoms with Crippen molar-refractivity contribution in [1.82, 2.24) is 9.78 Å². The quantitative estimate of drug-likeness (QED) is 0.733. The second-order valence-corrected chi connectivity index (χ2v) is 4.21. The molecule has 0 saturated heterocycles. The number of benzene rings is 1. The minimum atomic E-state index is 0.608. The summed E-state index contributed by atoms with van der Waals surface area (Å²) in [5.41, 5.74) is 3.01. The van der Waals surface area contributed by atoms with Crippen molar-refractivity contribution in [2.24, 2.45) is 0 Å². The van der Waals surface area contributed by atoms with E-state index >= 15 is 0 Å². The maximum Gasteiger partial charge on any atom is 0.153 e. The van der Waals surface area contributed by atoms with E-state index in [9.17, 15) is 4.79 Å². The molecule has 0 aliphatic heterocycles. The summed E-state index contributed by atoms with van der Waals surface area (Å²) in [5, 5.41) is 4.16. The van der Waals surface area contributed by atoms with E-state index in [0.29, 0.717) is 5.56 Å². The first-order valence-corrected chi connectivity index (χ1v) is 5.47. The van der Waals surface area contributed by atoms with Gasteiger partial charge in [0.1, 0.15) is 0 Å². The van der Waals surface area contributed by atoms with Crippen LogP contribution in [-0.2, 0) is 0 Å². The number of aromatic nitrogens is 2. The van der Waals surface area contributed by atoms with Gasteiger partial charge in [-0.25, -0.2) is 4.68 Å². The summed E-state index contributed by atoms with van der Waals surface area (Å²) in [6.45, 7) is 0. The van der Waals surface area contributed by atoms with E-state index < -0.39 is 0 Å². The zero-order valence-electron chi connectivity index (χ0n) is 8.84. The predicted octanol–water partition coefficient (Wildman–Crippen LogP) is 2.56. The van der Waals surface area contributed by atoms with Gasteiger partial charge in [0.2, 0.25) is 0 Å². The molecule has 0 spiro atoms. The number of hydrogen-bond acceptors (Lipinski definition) is 2. The van der Waals surface area contributed by atoms with Crippen molar-refractivity contribution in [3.63, 3.8) is 0 Å². The van der Waals surface area contributed by atoms with Crippen LogP contribution in [0.2, 0.25) is 0 Å². The van der Waals surface area contributed by atoms with Gasteiger partial charge in [-0.2, -0.15) is 5.10 Å². The SMILES string of the molecule is O=Cc1cnn(-c2cccc(C3CC3)c2)c1. The first kappa shape index (κ1) is 9.33. The van der Waals surface area contributed by atoms with Gasteiger partial charge in [0, 0.05) is 6.20 Å². The Hall–Kier alpha value is -1.90. The van der Waals surface area contributed by atoms with Crippen LogP contribution in [0.15, 0.2) is 36.7 Å². The summed E-state index contributed by atoms with van der Waals surface area (Å²) in [4.78, 5) is 10.6. The lowest BCUT2D eigenvalue weighted by atomic mass is 10.1.